The Labute approximate surface area is 224 Å². The maximum absolute atomic E-state index is 13.7. The highest BCUT2D eigenvalue weighted by Crippen LogP contribution is 2.60. The number of ether oxygens (including phenoxy) is 1. The van der Waals surface area contributed by atoms with Crippen molar-refractivity contribution in [3.05, 3.63) is 119 Å². The first-order valence-electron chi connectivity index (χ1n) is 13.0. The number of nitrogens with zero attached hydrogens (tertiary/aromatic N) is 2. The van der Waals surface area contributed by atoms with E-state index in [1.165, 1.54) is 6.21 Å². The van der Waals surface area contributed by atoms with Gasteiger partial charge in [0.25, 0.3) is 11.8 Å². The van der Waals surface area contributed by atoms with Crippen LogP contribution in [0, 0.1) is 11.8 Å². The molecule has 3 aromatic carbocycles. The van der Waals surface area contributed by atoms with Gasteiger partial charge in [-0.25, -0.2) is 4.79 Å². The minimum atomic E-state index is -0.484. The summed E-state index contributed by atoms with van der Waals surface area (Å²) in [5.74, 6) is -1.38. The Morgan fingerprint density at radius 1 is 0.846 bits per heavy atom. The zero-order valence-corrected chi connectivity index (χ0v) is 21.1. The lowest BCUT2D eigenvalue weighted by atomic mass is 9.55. The van der Waals surface area contributed by atoms with Crippen LogP contribution in [0.1, 0.15) is 57.1 Å². The third-order valence-electron chi connectivity index (χ3n) is 8.01. The second kappa shape index (κ2) is 8.91. The van der Waals surface area contributed by atoms with Gasteiger partial charge in [-0.15, -0.1) is 0 Å². The zero-order valence-electron chi connectivity index (χ0n) is 21.1. The normalized spacial score (nSPS) is 22.6. The van der Waals surface area contributed by atoms with Crippen molar-refractivity contribution < 1.29 is 23.5 Å². The molecule has 7 heteroatoms. The van der Waals surface area contributed by atoms with Crippen LogP contribution >= 0.6 is 0 Å². The van der Waals surface area contributed by atoms with Gasteiger partial charge in [0.2, 0.25) is 0 Å². The van der Waals surface area contributed by atoms with Crippen LogP contribution in [0.15, 0.2) is 94.4 Å². The average molecular weight is 517 g/mol. The number of furan rings is 1. The number of rotatable bonds is 5. The maximum Gasteiger partial charge on any atom is 0.338 e. The maximum atomic E-state index is 13.7. The first kappa shape index (κ1) is 23.3. The molecule has 4 aromatic rings. The summed E-state index contributed by atoms with van der Waals surface area (Å²) >= 11 is 0. The molecule has 2 bridgehead atoms. The smallest absolute Gasteiger partial charge is 0.338 e. The van der Waals surface area contributed by atoms with Crippen molar-refractivity contribution in [2.75, 3.05) is 6.61 Å². The van der Waals surface area contributed by atoms with E-state index in [0.29, 0.717) is 29.3 Å². The molecule has 39 heavy (non-hydrogen) atoms. The Kier molecular flexibility index (Phi) is 5.33. The van der Waals surface area contributed by atoms with Gasteiger partial charge in [0.05, 0.1) is 30.2 Å². The quantitative estimate of drug-likeness (QED) is 0.203. The molecule has 0 spiro atoms. The minimum absolute atomic E-state index is 0.175. The first-order valence-corrected chi connectivity index (χ1v) is 13.0. The molecule has 192 valence electrons. The lowest BCUT2D eigenvalue weighted by Gasteiger charge is -2.45. The van der Waals surface area contributed by atoms with Crippen molar-refractivity contribution in [3.8, 4) is 11.3 Å². The van der Waals surface area contributed by atoms with Crippen molar-refractivity contribution >= 4 is 24.0 Å². The fraction of sp³-hybridized carbons (Fsp3) is 0.188. The molecule has 1 aromatic heterocycles. The number of hydrogen-bond donors (Lipinski definition) is 0. The van der Waals surface area contributed by atoms with Gasteiger partial charge in [0.15, 0.2) is 0 Å². The predicted octanol–water partition coefficient (Wildman–Crippen LogP) is 5.35. The summed E-state index contributed by atoms with van der Waals surface area (Å²) in [7, 11) is 0. The molecule has 0 N–H and O–H groups in total. The van der Waals surface area contributed by atoms with Gasteiger partial charge >= 0.3 is 5.97 Å². The fourth-order valence-corrected chi connectivity index (χ4v) is 6.48. The van der Waals surface area contributed by atoms with Crippen LogP contribution in [0.4, 0.5) is 0 Å². The standard InChI is InChI=1S/C32H24N2O5/c1-2-38-32(37)19-9-7-8-18(16-19)25-15-14-20(39-25)17-33-34-30(35)28-26-21-10-3-4-11-22(21)27(29(28)31(34)36)24-13-6-5-12-23(24)26/h3-17,26-29H,2H2,1H3/b33-17-/t26?,27?,28-,29-/m0/s1. The van der Waals surface area contributed by atoms with E-state index in [9.17, 15) is 14.4 Å². The van der Waals surface area contributed by atoms with E-state index >= 15 is 0 Å². The molecule has 4 aliphatic rings. The van der Waals surface area contributed by atoms with E-state index < -0.39 is 17.8 Å². The van der Waals surface area contributed by atoms with Crippen molar-refractivity contribution in [1.29, 1.82) is 0 Å². The van der Waals surface area contributed by atoms with Gasteiger partial charge in [-0.1, -0.05) is 60.7 Å². The molecule has 2 atom stereocenters. The molecule has 7 nitrogen and oxygen atoms in total. The largest absolute Gasteiger partial charge is 0.462 e. The highest BCUT2D eigenvalue weighted by molar-refractivity contribution is 6.08. The highest BCUT2D eigenvalue weighted by atomic mass is 16.5. The summed E-state index contributed by atoms with van der Waals surface area (Å²) in [4.78, 5) is 39.5. The van der Waals surface area contributed by atoms with E-state index in [0.717, 1.165) is 27.3 Å². The molecule has 1 fully saturated rings. The zero-order chi connectivity index (χ0) is 26.7. The van der Waals surface area contributed by atoms with Crippen LogP contribution in [0.25, 0.3) is 11.3 Å². The van der Waals surface area contributed by atoms with E-state index in [1.54, 1.807) is 37.3 Å². The number of esters is 1. The second-order valence-corrected chi connectivity index (χ2v) is 10.0. The monoisotopic (exact) mass is 516 g/mol. The van der Waals surface area contributed by atoms with Crippen LogP contribution in [-0.4, -0.2) is 35.6 Å². The summed E-state index contributed by atoms with van der Waals surface area (Å²) in [6, 6.07) is 26.7. The Hall–Kier alpha value is -4.78. The Bertz CT molecular complexity index is 1570. The van der Waals surface area contributed by atoms with E-state index in [4.69, 9.17) is 9.15 Å². The highest BCUT2D eigenvalue weighted by Gasteiger charge is 2.61. The van der Waals surface area contributed by atoms with Crippen molar-refractivity contribution in [1.82, 2.24) is 5.01 Å². The molecular formula is C32H24N2O5. The van der Waals surface area contributed by atoms with Crippen LogP contribution in [0.2, 0.25) is 0 Å². The van der Waals surface area contributed by atoms with Crippen LogP contribution in [0.5, 0.6) is 0 Å². The number of carbonyl (C=O) groups excluding carboxylic acids is 3. The minimum Gasteiger partial charge on any atom is -0.462 e. The fourth-order valence-electron chi connectivity index (χ4n) is 6.48. The van der Waals surface area contributed by atoms with Gasteiger partial charge in [0.1, 0.15) is 11.5 Å². The molecule has 1 aliphatic heterocycles. The number of carbonyl (C=O) groups is 3. The molecule has 3 aliphatic carbocycles. The summed E-state index contributed by atoms with van der Waals surface area (Å²) in [6.45, 7) is 2.05. The topological polar surface area (TPSA) is 89.2 Å². The Morgan fingerprint density at radius 2 is 1.44 bits per heavy atom. The summed E-state index contributed by atoms with van der Waals surface area (Å²) in [5.41, 5.74) is 5.61. The molecule has 0 saturated carbocycles. The van der Waals surface area contributed by atoms with Crippen molar-refractivity contribution in [2.45, 2.75) is 18.8 Å². The van der Waals surface area contributed by atoms with E-state index in [2.05, 4.69) is 29.4 Å². The van der Waals surface area contributed by atoms with E-state index in [1.807, 2.05) is 30.3 Å². The Balaban J connectivity index is 1.18. The van der Waals surface area contributed by atoms with Gasteiger partial charge in [-0.3, -0.25) is 9.59 Å². The first-order chi connectivity index (χ1) is 19.1. The Morgan fingerprint density at radius 3 is 2.00 bits per heavy atom. The lowest BCUT2D eigenvalue weighted by molar-refractivity contribution is -0.139. The van der Waals surface area contributed by atoms with E-state index in [-0.39, 0.29) is 23.7 Å². The molecule has 1 saturated heterocycles. The molecule has 8 rings (SSSR count). The molecule has 0 unspecified atom stereocenters. The molecular weight excluding hydrogens is 492 g/mol. The SMILES string of the molecule is CCOC(=O)c1cccc(-c2ccc(/C=N\N3C(=O)[C@H]4C5c6ccccc6C(c6ccccc65)[C@@H]4C3=O)o2)c1. The van der Waals surface area contributed by atoms with Gasteiger partial charge in [-0.05, 0) is 53.4 Å². The number of hydrazone groups is 1. The van der Waals surface area contributed by atoms with Crippen LogP contribution < -0.4 is 0 Å². The summed E-state index contributed by atoms with van der Waals surface area (Å²) in [5, 5.41) is 5.34. The molecule has 2 amide bonds. The third-order valence-corrected chi connectivity index (χ3v) is 8.01. The molecule has 0 radical (unpaired) electrons. The van der Waals surface area contributed by atoms with Crippen molar-refractivity contribution in [3.63, 3.8) is 0 Å². The van der Waals surface area contributed by atoms with Crippen LogP contribution in [-0.2, 0) is 14.3 Å². The summed E-state index contributed by atoms with van der Waals surface area (Å²) in [6.07, 6.45) is 1.40. The average Bonchev–Trinajstić information content (AvgIpc) is 3.55. The number of amides is 2. The second-order valence-electron chi connectivity index (χ2n) is 10.0. The van der Waals surface area contributed by atoms with Gasteiger partial charge in [0, 0.05) is 17.4 Å². The number of benzene rings is 3. The lowest BCUT2D eigenvalue weighted by Crippen LogP contribution is -2.41. The number of hydrogen-bond acceptors (Lipinski definition) is 6. The summed E-state index contributed by atoms with van der Waals surface area (Å²) < 4.78 is 11.0. The third kappa shape index (κ3) is 3.50. The van der Waals surface area contributed by atoms with Crippen LogP contribution in [0.3, 0.4) is 0 Å². The number of imide groups is 1. The van der Waals surface area contributed by atoms with Gasteiger partial charge in [-0.2, -0.15) is 10.1 Å². The predicted molar refractivity (Wildman–Crippen MR) is 143 cm³/mol. The van der Waals surface area contributed by atoms with Gasteiger partial charge < -0.3 is 9.15 Å². The molecule has 2 heterocycles. The van der Waals surface area contributed by atoms with Crippen molar-refractivity contribution in [2.24, 2.45) is 16.9 Å².